The first kappa shape index (κ1) is 13.6. The summed E-state index contributed by atoms with van der Waals surface area (Å²) in [6.07, 6.45) is 0. The second-order valence-electron chi connectivity index (χ2n) is 4.42. The third-order valence-electron chi connectivity index (χ3n) is 2.84. The Hall–Kier alpha value is -1.82. The maximum absolute atomic E-state index is 12.3. The Balaban J connectivity index is 2.36. The molecule has 0 atom stereocenters. The fraction of sp³-hybridized carbons (Fsp3) is 0.308. The summed E-state index contributed by atoms with van der Waals surface area (Å²) in [5.41, 5.74) is 7.59. The van der Waals surface area contributed by atoms with Crippen molar-refractivity contribution < 1.29 is 8.42 Å². The van der Waals surface area contributed by atoms with Crippen molar-refractivity contribution in [2.45, 2.75) is 31.0 Å². The van der Waals surface area contributed by atoms with Crippen molar-refractivity contribution in [3.8, 4) is 0 Å². The van der Waals surface area contributed by atoms with Gasteiger partial charge in [-0.3, -0.25) is 4.68 Å². The summed E-state index contributed by atoms with van der Waals surface area (Å²) in [4.78, 5) is 0.244. The van der Waals surface area contributed by atoms with E-state index in [0.29, 0.717) is 17.9 Å². The summed E-state index contributed by atoms with van der Waals surface area (Å²) in [6.45, 7) is 4.43. The number of sulfone groups is 1. The van der Waals surface area contributed by atoms with Gasteiger partial charge < -0.3 is 5.73 Å². The van der Waals surface area contributed by atoms with Crippen LogP contribution in [-0.4, -0.2) is 18.2 Å². The van der Waals surface area contributed by atoms with Gasteiger partial charge in [0.05, 0.1) is 22.0 Å². The number of anilines is 1. The molecule has 1 heterocycles. The quantitative estimate of drug-likeness (QED) is 0.865. The minimum absolute atomic E-state index is 0.0644. The largest absolute Gasteiger partial charge is 0.399 e. The SMILES string of the molecule is CCn1nc(C)cc1CS(=O)(=O)c1cccc(N)c1. The van der Waals surface area contributed by atoms with E-state index in [4.69, 9.17) is 5.73 Å². The normalized spacial score (nSPS) is 11.7. The van der Waals surface area contributed by atoms with Gasteiger partial charge in [0.2, 0.25) is 0 Å². The highest BCUT2D eigenvalue weighted by molar-refractivity contribution is 7.90. The van der Waals surface area contributed by atoms with Crippen molar-refractivity contribution in [3.05, 3.63) is 41.7 Å². The lowest BCUT2D eigenvalue weighted by atomic mass is 10.3. The number of aryl methyl sites for hydroxylation is 2. The number of hydrogen-bond donors (Lipinski definition) is 1. The molecule has 0 saturated carbocycles. The van der Waals surface area contributed by atoms with Crippen molar-refractivity contribution in [2.24, 2.45) is 0 Å². The zero-order chi connectivity index (χ0) is 14.0. The first-order chi connectivity index (χ1) is 8.92. The molecule has 0 aliphatic carbocycles. The monoisotopic (exact) mass is 279 g/mol. The third-order valence-corrected chi connectivity index (χ3v) is 4.49. The predicted octanol–water partition coefficient (Wildman–Crippen LogP) is 1.77. The van der Waals surface area contributed by atoms with Gasteiger partial charge in [-0.05, 0) is 38.1 Å². The van der Waals surface area contributed by atoms with Crippen LogP contribution in [0.1, 0.15) is 18.3 Å². The Bertz CT molecular complexity index is 690. The summed E-state index contributed by atoms with van der Waals surface area (Å²) in [5.74, 6) is -0.0644. The molecular formula is C13H17N3O2S. The average molecular weight is 279 g/mol. The van der Waals surface area contributed by atoms with Crippen LogP contribution in [0.15, 0.2) is 35.2 Å². The number of hydrogen-bond acceptors (Lipinski definition) is 4. The van der Waals surface area contributed by atoms with Crippen molar-refractivity contribution in [2.75, 3.05) is 5.73 Å². The minimum atomic E-state index is -3.40. The Morgan fingerprint density at radius 1 is 1.32 bits per heavy atom. The van der Waals surface area contributed by atoms with Crippen LogP contribution in [0.4, 0.5) is 5.69 Å². The second-order valence-corrected chi connectivity index (χ2v) is 6.41. The van der Waals surface area contributed by atoms with E-state index in [1.54, 1.807) is 28.9 Å². The van der Waals surface area contributed by atoms with E-state index in [9.17, 15) is 8.42 Å². The van der Waals surface area contributed by atoms with E-state index in [-0.39, 0.29) is 10.6 Å². The van der Waals surface area contributed by atoms with Crippen LogP contribution in [0.25, 0.3) is 0 Å². The Labute approximate surface area is 113 Å². The van der Waals surface area contributed by atoms with Gasteiger partial charge in [-0.2, -0.15) is 5.10 Å². The molecule has 2 N–H and O–H groups in total. The summed E-state index contributed by atoms with van der Waals surface area (Å²) in [5, 5.41) is 4.25. The molecule has 5 nitrogen and oxygen atoms in total. The Kier molecular flexibility index (Phi) is 3.61. The molecule has 0 aliphatic heterocycles. The maximum Gasteiger partial charge on any atom is 0.184 e. The standard InChI is InChI=1S/C13H17N3O2S/c1-3-16-12(7-10(2)15-16)9-19(17,18)13-6-4-5-11(14)8-13/h4-8H,3,9,14H2,1-2H3. The van der Waals surface area contributed by atoms with Gasteiger partial charge in [0, 0.05) is 12.2 Å². The van der Waals surface area contributed by atoms with E-state index in [1.807, 2.05) is 13.8 Å². The molecule has 0 unspecified atom stereocenters. The van der Waals surface area contributed by atoms with E-state index < -0.39 is 9.84 Å². The lowest BCUT2D eigenvalue weighted by molar-refractivity contribution is 0.585. The molecule has 2 rings (SSSR count). The molecule has 0 saturated heterocycles. The van der Waals surface area contributed by atoms with Crippen LogP contribution in [-0.2, 0) is 22.1 Å². The Morgan fingerprint density at radius 2 is 2.05 bits per heavy atom. The van der Waals surface area contributed by atoms with E-state index >= 15 is 0 Å². The second kappa shape index (κ2) is 5.05. The fourth-order valence-electron chi connectivity index (χ4n) is 1.98. The third kappa shape index (κ3) is 2.96. The molecule has 0 fully saturated rings. The van der Waals surface area contributed by atoms with Crippen LogP contribution in [0.3, 0.4) is 0 Å². The predicted molar refractivity (Wildman–Crippen MR) is 74.4 cm³/mol. The van der Waals surface area contributed by atoms with Crippen molar-refractivity contribution in [1.29, 1.82) is 0 Å². The highest BCUT2D eigenvalue weighted by Crippen LogP contribution is 2.19. The molecular weight excluding hydrogens is 262 g/mol. The van der Waals surface area contributed by atoms with E-state index in [1.165, 1.54) is 6.07 Å². The van der Waals surface area contributed by atoms with Gasteiger partial charge in [0.25, 0.3) is 0 Å². The minimum Gasteiger partial charge on any atom is -0.399 e. The van der Waals surface area contributed by atoms with Gasteiger partial charge in [-0.15, -0.1) is 0 Å². The van der Waals surface area contributed by atoms with E-state index in [2.05, 4.69) is 5.10 Å². The van der Waals surface area contributed by atoms with Crippen LogP contribution in [0, 0.1) is 6.92 Å². The summed E-state index contributed by atoms with van der Waals surface area (Å²) in [7, 11) is -3.40. The van der Waals surface area contributed by atoms with Crippen LogP contribution >= 0.6 is 0 Å². The lowest BCUT2D eigenvalue weighted by Gasteiger charge is -2.07. The molecule has 1 aromatic carbocycles. The number of aromatic nitrogens is 2. The number of rotatable bonds is 4. The first-order valence-corrected chi connectivity index (χ1v) is 7.69. The molecule has 19 heavy (non-hydrogen) atoms. The molecule has 0 aliphatic rings. The van der Waals surface area contributed by atoms with Gasteiger partial charge >= 0.3 is 0 Å². The fourth-order valence-corrected chi connectivity index (χ4v) is 3.37. The zero-order valence-corrected chi connectivity index (χ0v) is 11.8. The average Bonchev–Trinajstić information content (AvgIpc) is 2.68. The van der Waals surface area contributed by atoms with E-state index in [0.717, 1.165) is 5.69 Å². The first-order valence-electron chi connectivity index (χ1n) is 6.04. The molecule has 102 valence electrons. The Morgan fingerprint density at radius 3 is 2.68 bits per heavy atom. The van der Waals surface area contributed by atoms with Crippen molar-refractivity contribution >= 4 is 15.5 Å². The highest BCUT2D eigenvalue weighted by Gasteiger charge is 2.18. The van der Waals surface area contributed by atoms with Crippen LogP contribution < -0.4 is 5.73 Å². The van der Waals surface area contributed by atoms with Crippen molar-refractivity contribution in [3.63, 3.8) is 0 Å². The summed E-state index contributed by atoms with van der Waals surface area (Å²) < 4.78 is 26.4. The topological polar surface area (TPSA) is 78.0 Å². The molecule has 6 heteroatoms. The van der Waals surface area contributed by atoms with Gasteiger partial charge in [-0.25, -0.2) is 8.42 Å². The van der Waals surface area contributed by atoms with Crippen LogP contribution in [0.2, 0.25) is 0 Å². The number of benzene rings is 1. The molecule has 0 bridgehead atoms. The van der Waals surface area contributed by atoms with Gasteiger partial charge in [-0.1, -0.05) is 6.07 Å². The molecule has 2 aromatic rings. The van der Waals surface area contributed by atoms with Gasteiger partial charge in [0.1, 0.15) is 0 Å². The zero-order valence-electron chi connectivity index (χ0n) is 11.0. The molecule has 0 spiro atoms. The number of nitrogens with two attached hydrogens (primary N) is 1. The smallest absolute Gasteiger partial charge is 0.184 e. The molecule has 0 amide bonds. The van der Waals surface area contributed by atoms with Gasteiger partial charge in [0.15, 0.2) is 9.84 Å². The summed E-state index contributed by atoms with van der Waals surface area (Å²) in [6, 6.07) is 8.15. The maximum atomic E-state index is 12.3. The summed E-state index contributed by atoms with van der Waals surface area (Å²) >= 11 is 0. The highest BCUT2D eigenvalue weighted by atomic mass is 32.2. The lowest BCUT2D eigenvalue weighted by Crippen LogP contribution is -2.10. The molecule has 1 aromatic heterocycles. The molecule has 0 radical (unpaired) electrons. The number of nitrogen functional groups attached to an aromatic ring is 1. The van der Waals surface area contributed by atoms with Crippen molar-refractivity contribution in [1.82, 2.24) is 9.78 Å². The number of nitrogens with zero attached hydrogens (tertiary/aromatic N) is 2. The van der Waals surface area contributed by atoms with Crippen LogP contribution in [0.5, 0.6) is 0 Å².